The summed E-state index contributed by atoms with van der Waals surface area (Å²) >= 11 is 0. The fourth-order valence-electron chi connectivity index (χ4n) is 1.70. The zero-order valence-electron chi connectivity index (χ0n) is 13.7. The van der Waals surface area contributed by atoms with E-state index >= 15 is 0 Å². The number of H-pyrrole nitrogens is 1. The highest BCUT2D eigenvalue weighted by molar-refractivity contribution is 5.71. The molecule has 128 valence electrons. The molecule has 0 aromatic carbocycles. The van der Waals surface area contributed by atoms with Crippen molar-refractivity contribution in [1.82, 2.24) is 19.1 Å². The van der Waals surface area contributed by atoms with Crippen LogP contribution in [0.25, 0.3) is 11.2 Å². The third-order valence-corrected chi connectivity index (χ3v) is 3.03. The van der Waals surface area contributed by atoms with Crippen molar-refractivity contribution in [3.63, 3.8) is 0 Å². The highest BCUT2D eigenvalue weighted by Gasteiger charge is 2.20. The molecular formula is C12H21N6O5+. The standard InChI is InChI=1S/C7H7N5O4.C5H14NO/c1-10-4-3(5(13)11(2)7(10)14)8-6(9-4)12(15)16;1-6(2,3)4-5-7/h1-2H3,(H,8,9);7H,4-5H2,1-3H3/q;+1. The first kappa shape index (κ1) is 18.5. The molecule has 2 heterocycles. The number of aliphatic hydroxyl groups excluding tert-OH is 1. The molecule has 0 saturated carbocycles. The van der Waals surface area contributed by atoms with Gasteiger partial charge in [0.2, 0.25) is 5.52 Å². The Morgan fingerprint density at radius 1 is 1.26 bits per heavy atom. The summed E-state index contributed by atoms with van der Waals surface area (Å²) in [5.41, 5.74) is -1.31. The van der Waals surface area contributed by atoms with Crippen molar-refractivity contribution in [2.75, 3.05) is 34.3 Å². The molecule has 0 amide bonds. The number of likely N-dealkylation sites (N-methyl/N-ethyl adjacent to an activating group) is 1. The lowest BCUT2D eigenvalue weighted by atomic mass is 10.5. The Morgan fingerprint density at radius 2 is 1.83 bits per heavy atom. The van der Waals surface area contributed by atoms with Gasteiger partial charge in [0.15, 0.2) is 0 Å². The largest absolute Gasteiger partial charge is 0.435 e. The van der Waals surface area contributed by atoms with E-state index in [2.05, 4.69) is 31.1 Å². The highest BCUT2D eigenvalue weighted by atomic mass is 16.6. The number of nitro groups is 1. The van der Waals surface area contributed by atoms with Crippen LogP contribution in [0.15, 0.2) is 9.59 Å². The zero-order chi connectivity index (χ0) is 17.9. The van der Waals surface area contributed by atoms with Crippen LogP contribution in [-0.4, -0.2) is 67.9 Å². The fourth-order valence-corrected chi connectivity index (χ4v) is 1.70. The summed E-state index contributed by atoms with van der Waals surface area (Å²) in [6.07, 6.45) is 0. The van der Waals surface area contributed by atoms with Gasteiger partial charge in [0.1, 0.15) is 6.54 Å². The van der Waals surface area contributed by atoms with Crippen molar-refractivity contribution >= 4 is 17.1 Å². The van der Waals surface area contributed by atoms with Crippen LogP contribution in [0.3, 0.4) is 0 Å². The number of quaternary nitrogens is 1. The van der Waals surface area contributed by atoms with Crippen molar-refractivity contribution < 1.29 is 14.5 Å². The van der Waals surface area contributed by atoms with Crippen LogP contribution in [0.1, 0.15) is 0 Å². The number of aryl methyl sites for hydroxylation is 1. The lowest BCUT2D eigenvalue weighted by Gasteiger charge is -2.21. The topological polar surface area (TPSA) is 136 Å². The minimum atomic E-state index is -0.760. The maximum absolute atomic E-state index is 11.6. The number of aromatic nitrogens is 4. The Balaban J connectivity index is 0.000000322. The average Bonchev–Trinajstić information content (AvgIpc) is 2.88. The van der Waals surface area contributed by atoms with E-state index in [4.69, 9.17) is 5.11 Å². The predicted molar refractivity (Wildman–Crippen MR) is 83.2 cm³/mol. The minimum Gasteiger partial charge on any atom is -0.391 e. The molecule has 0 radical (unpaired) electrons. The third kappa shape index (κ3) is 4.23. The van der Waals surface area contributed by atoms with Crippen LogP contribution in [0.4, 0.5) is 5.95 Å². The number of fused-ring (bicyclic) bond motifs is 1. The molecular weight excluding hydrogens is 308 g/mol. The Kier molecular flexibility index (Phi) is 5.40. The average molecular weight is 329 g/mol. The summed E-state index contributed by atoms with van der Waals surface area (Å²) in [6.45, 7) is 1.11. The van der Waals surface area contributed by atoms with E-state index < -0.39 is 22.1 Å². The lowest BCUT2D eigenvalue weighted by Crippen LogP contribution is -2.36. The Hall–Kier alpha value is -2.53. The van der Waals surface area contributed by atoms with Crippen molar-refractivity contribution in [3.8, 4) is 0 Å². The Morgan fingerprint density at radius 3 is 2.22 bits per heavy atom. The molecule has 0 aliphatic rings. The van der Waals surface area contributed by atoms with Crippen LogP contribution in [0.2, 0.25) is 0 Å². The summed E-state index contributed by atoms with van der Waals surface area (Å²) in [5.74, 6) is -0.562. The SMILES string of the molecule is C[N+](C)(C)CCO.Cn1c(=O)c2[nH]c([N+](=O)[O-])nc2n(C)c1=O. The highest BCUT2D eigenvalue weighted by Crippen LogP contribution is 2.09. The molecule has 0 saturated heterocycles. The van der Waals surface area contributed by atoms with E-state index in [0.717, 1.165) is 20.2 Å². The number of hydrogen-bond acceptors (Lipinski definition) is 6. The number of aliphatic hydroxyl groups is 1. The van der Waals surface area contributed by atoms with Gasteiger partial charge in [-0.1, -0.05) is 0 Å². The molecule has 0 atom stereocenters. The van der Waals surface area contributed by atoms with E-state index in [-0.39, 0.29) is 17.8 Å². The van der Waals surface area contributed by atoms with Crippen molar-refractivity contribution in [2.45, 2.75) is 0 Å². The predicted octanol–water partition coefficient (Wildman–Crippen LogP) is -1.45. The summed E-state index contributed by atoms with van der Waals surface area (Å²) in [6, 6.07) is 0. The lowest BCUT2D eigenvalue weighted by molar-refractivity contribution is -0.870. The van der Waals surface area contributed by atoms with E-state index in [9.17, 15) is 19.7 Å². The molecule has 11 nitrogen and oxygen atoms in total. The Bertz CT molecular complexity index is 825. The van der Waals surface area contributed by atoms with Gasteiger partial charge in [-0.25, -0.2) is 9.78 Å². The monoisotopic (exact) mass is 329 g/mol. The second-order valence-corrected chi connectivity index (χ2v) is 5.96. The van der Waals surface area contributed by atoms with Crippen molar-refractivity contribution in [3.05, 3.63) is 31.0 Å². The summed E-state index contributed by atoms with van der Waals surface area (Å²) in [4.78, 5) is 38.6. The quantitative estimate of drug-likeness (QED) is 0.402. The second kappa shape index (κ2) is 6.71. The number of imidazole rings is 1. The van der Waals surface area contributed by atoms with Crippen molar-refractivity contribution in [1.29, 1.82) is 0 Å². The van der Waals surface area contributed by atoms with Crippen LogP contribution in [0, 0.1) is 10.1 Å². The molecule has 11 heteroatoms. The normalized spacial score (nSPS) is 11.2. The van der Waals surface area contributed by atoms with E-state index in [1.807, 2.05) is 0 Å². The number of nitrogens with one attached hydrogen (secondary N) is 1. The van der Waals surface area contributed by atoms with Gasteiger partial charge < -0.3 is 19.7 Å². The van der Waals surface area contributed by atoms with Gasteiger partial charge in [-0.15, -0.1) is 0 Å². The van der Waals surface area contributed by atoms with Gasteiger partial charge >= 0.3 is 11.6 Å². The molecule has 23 heavy (non-hydrogen) atoms. The van der Waals surface area contributed by atoms with Gasteiger partial charge in [0.25, 0.3) is 11.2 Å². The maximum Gasteiger partial charge on any atom is 0.435 e. The smallest absolute Gasteiger partial charge is 0.391 e. The molecule has 0 aliphatic heterocycles. The maximum atomic E-state index is 11.6. The first-order valence-corrected chi connectivity index (χ1v) is 6.71. The Labute approximate surface area is 131 Å². The molecule has 0 spiro atoms. The van der Waals surface area contributed by atoms with Crippen LogP contribution in [0.5, 0.6) is 0 Å². The first-order chi connectivity index (χ1) is 10.5. The minimum absolute atomic E-state index is 0.0280. The van der Waals surface area contributed by atoms with E-state index in [0.29, 0.717) is 0 Å². The summed E-state index contributed by atoms with van der Waals surface area (Å²) in [7, 11) is 8.83. The molecule has 2 aromatic rings. The van der Waals surface area contributed by atoms with Gasteiger partial charge in [-0.05, 0) is 9.91 Å². The summed E-state index contributed by atoms with van der Waals surface area (Å²) < 4.78 is 2.76. The summed E-state index contributed by atoms with van der Waals surface area (Å²) in [5, 5.41) is 18.9. The van der Waals surface area contributed by atoms with Crippen LogP contribution in [-0.2, 0) is 14.1 Å². The zero-order valence-corrected chi connectivity index (χ0v) is 13.7. The number of aromatic amines is 1. The molecule has 2 aromatic heterocycles. The third-order valence-electron chi connectivity index (χ3n) is 3.03. The van der Waals surface area contributed by atoms with E-state index in [1.165, 1.54) is 14.1 Å². The number of nitrogens with zero attached hydrogens (tertiary/aromatic N) is 5. The first-order valence-electron chi connectivity index (χ1n) is 6.71. The molecule has 0 fully saturated rings. The van der Waals surface area contributed by atoms with Crippen molar-refractivity contribution in [2.24, 2.45) is 14.1 Å². The van der Waals surface area contributed by atoms with E-state index in [1.54, 1.807) is 0 Å². The van der Waals surface area contributed by atoms with Gasteiger partial charge in [-0.2, -0.15) is 0 Å². The molecule has 0 aliphatic carbocycles. The molecule has 0 bridgehead atoms. The molecule has 2 N–H and O–H groups in total. The van der Waals surface area contributed by atoms with Gasteiger partial charge in [0.05, 0.1) is 27.7 Å². The second-order valence-electron chi connectivity index (χ2n) is 5.96. The van der Waals surface area contributed by atoms with Crippen LogP contribution >= 0.6 is 0 Å². The van der Waals surface area contributed by atoms with Crippen LogP contribution < -0.4 is 11.2 Å². The number of rotatable bonds is 3. The van der Waals surface area contributed by atoms with Gasteiger partial charge in [0, 0.05) is 14.1 Å². The fraction of sp³-hybridized carbons (Fsp3) is 0.583. The van der Waals surface area contributed by atoms with Gasteiger partial charge in [-0.3, -0.25) is 13.9 Å². The number of hydrogen-bond donors (Lipinski definition) is 2. The molecule has 0 unspecified atom stereocenters. The molecule has 2 rings (SSSR count).